The van der Waals surface area contributed by atoms with Crippen molar-refractivity contribution in [1.29, 1.82) is 0 Å². The Balaban J connectivity index is 2.29. The monoisotopic (exact) mass is 218 g/mol. The number of anilines is 3. The van der Waals surface area contributed by atoms with E-state index in [-0.39, 0.29) is 11.9 Å². The van der Waals surface area contributed by atoms with Crippen molar-refractivity contribution in [2.45, 2.75) is 12.8 Å². The van der Waals surface area contributed by atoms with Crippen molar-refractivity contribution in [3.05, 3.63) is 23.9 Å². The van der Waals surface area contributed by atoms with Crippen LogP contribution in [0.2, 0.25) is 0 Å². The molecule has 0 saturated carbocycles. The van der Waals surface area contributed by atoms with Gasteiger partial charge in [-0.1, -0.05) is 12.2 Å². The van der Waals surface area contributed by atoms with Gasteiger partial charge >= 0.3 is 0 Å². The van der Waals surface area contributed by atoms with E-state index in [4.69, 9.17) is 11.5 Å². The second kappa shape index (κ2) is 4.18. The van der Waals surface area contributed by atoms with Gasteiger partial charge in [-0.2, -0.15) is 15.0 Å². The summed E-state index contributed by atoms with van der Waals surface area (Å²) >= 11 is 0. The van der Waals surface area contributed by atoms with E-state index in [0.29, 0.717) is 5.95 Å². The summed E-state index contributed by atoms with van der Waals surface area (Å²) in [6.07, 6.45) is 8.35. The summed E-state index contributed by atoms with van der Waals surface area (Å²) in [5, 5.41) is 0. The second-order valence-electron chi connectivity index (χ2n) is 3.52. The molecule has 0 spiro atoms. The number of allylic oxidation sites excluding steroid dienone is 3. The van der Waals surface area contributed by atoms with Crippen molar-refractivity contribution < 1.29 is 0 Å². The molecule has 0 saturated heterocycles. The van der Waals surface area contributed by atoms with Crippen LogP contribution in [0.1, 0.15) is 12.8 Å². The number of hydrogen-bond acceptors (Lipinski definition) is 6. The lowest BCUT2D eigenvalue weighted by Crippen LogP contribution is -2.20. The number of nitrogen functional groups attached to an aromatic ring is 2. The summed E-state index contributed by atoms with van der Waals surface area (Å²) in [7, 11) is 1.87. The lowest BCUT2D eigenvalue weighted by Gasteiger charge is -2.20. The molecule has 1 heterocycles. The Morgan fingerprint density at radius 2 is 1.81 bits per heavy atom. The maximum Gasteiger partial charge on any atom is 0.236 e. The number of aromatic nitrogens is 3. The van der Waals surface area contributed by atoms with E-state index < -0.39 is 0 Å². The summed E-state index contributed by atoms with van der Waals surface area (Å²) in [6.45, 7) is 0. The number of nitrogens with two attached hydrogens (primary N) is 2. The van der Waals surface area contributed by atoms with Gasteiger partial charge in [0.2, 0.25) is 17.8 Å². The van der Waals surface area contributed by atoms with Gasteiger partial charge in [-0.3, -0.25) is 0 Å². The van der Waals surface area contributed by atoms with Gasteiger partial charge in [-0.05, 0) is 18.9 Å². The highest BCUT2D eigenvalue weighted by Gasteiger charge is 2.11. The lowest BCUT2D eigenvalue weighted by atomic mass is 10.1. The van der Waals surface area contributed by atoms with Crippen molar-refractivity contribution >= 4 is 17.8 Å². The Morgan fingerprint density at radius 3 is 2.38 bits per heavy atom. The van der Waals surface area contributed by atoms with Crippen LogP contribution >= 0.6 is 0 Å². The molecule has 1 aromatic heterocycles. The van der Waals surface area contributed by atoms with Gasteiger partial charge in [0.25, 0.3) is 0 Å². The van der Waals surface area contributed by atoms with E-state index in [2.05, 4.69) is 27.1 Å². The predicted octanol–water partition coefficient (Wildman–Crippen LogP) is 0.706. The smallest absolute Gasteiger partial charge is 0.236 e. The third-order valence-corrected chi connectivity index (χ3v) is 2.32. The summed E-state index contributed by atoms with van der Waals surface area (Å²) in [5.41, 5.74) is 12.1. The first-order chi connectivity index (χ1) is 7.66. The Hall–Kier alpha value is -2.11. The fourth-order valence-electron chi connectivity index (χ4n) is 1.51. The van der Waals surface area contributed by atoms with E-state index in [0.717, 1.165) is 18.5 Å². The highest BCUT2D eigenvalue weighted by molar-refractivity contribution is 5.48. The summed E-state index contributed by atoms with van der Waals surface area (Å²) < 4.78 is 0. The Morgan fingerprint density at radius 1 is 1.12 bits per heavy atom. The SMILES string of the molecule is CN(C1=CCCC=C1)c1nc(N)nc(N)n1. The van der Waals surface area contributed by atoms with Crippen molar-refractivity contribution in [1.82, 2.24) is 15.0 Å². The Kier molecular flexibility index (Phi) is 2.72. The zero-order chi connectivity index (χ0) is 11.5. The quantitative estimate of drug-likeness (QED) is 0.759. The second-order valence-corrected chi connectivity index (χ2v) is 3.52. The molecule has 0 atom stereocenters. The summed E-state index contributed by atoms with van der Waals surface area (Å²) in [4.78, 5) is 13.6. The van der Waals surface area contributed by atoms with E-state index >= 15 is 0 Å². The largest absolute Gasteiger partial charge is 0.368 e. The van der Waals surface area contributed by atoms with E-state index in [1.54, 1.807) is 0 Å². The molecule has 1 aliphatic carbocycles. The van der Waals surface area contributed by atoms with Crippen molar-refractivity contribution in [3.8, 4) is 0 Å². The van der Waals surface area contributed by atoms with Gasteiger partial charge in [0.15, 0.2) is 0 Å². The minimum atomic E-state index is 0.134. The standard InChI is InChI=1S/C10H14N6/c1-16(7-5-3-2-4-6-7)10-14-8(11)13-9(12)15-10/h3,5-6H,2,4H2,1H3,(H4,11,12,13,14,15). The first kappa shape index (κ1) is 10.4. The topological polar surface area (TPSA) is 94.0 Å². The van der Waals surface area contributed by atoms with Crippen LogP contribution in [0.3, 0.4) is 0 Å². The average molecular weight is 218 g/mol. The molecular formula is C10H14N6. The molecule has 0 amide bonds. The van der Waals surface area contributed by atoms with E-state index in [9.17, 15) is 0 Å². The molecule has 6 nitrogen and oxygen atoms in total. The molecule has 84 valence electrons. The highest BCUT2D eigenvalue weighted by atomic mass is 15.3. The number of nitrogens with zero attached hydrogens (tertiary/aromatic N) is 4. The normalized spacial score (nSPS) is 14.7. The molecule has 0 bridgehead atoms. The average Bonchev–Trinajstić information content (AvgIpc) is 2.28. The van der Waals surface area contributed by atoms with Crippen LogP contribution in [0.15, 0.2) is 23.9 Å². The van der Waals surface area contributed by atoms with Crippen molar-refractivity contribution in [2.24, 2.45) is 0 Å². The fourth-order valence-corrected chi connectivity index (χ4v) is 1.51. The Bertz CT molecular complexity index is 430. The molecular weight excluding hydrogens is 204 g/mol. The predicted molar refractivity (Wildman–Crippen MR) is 63.5 cm³/mol. The van der Waals surface area contributed by atoms with Crippen LogP contribution in [0.4, 0.5) is 17.8 Å². The molecule has 2 rings (SSSR count). The number of hydrogen-bond donors (Lipinski definition) is 2. The minimum Gasteiger partial charge on any atom is -0.368 e. The van der Waals surface area contributed by atoms with Crippen LogP contribution < -0.4 is 16.4 Å². The molecule has 4 N–H and O–H groups in total. The van der Waals surface area contributed by atoms with Crippen molar-refractivity contribution in [2.75, 3.05) is 23.4 Å². The van der Waals surface area contributed by atoms with Gasteiger partial charge in [0.1, 0.15) is 0 Å². The molecule has 0 aliphatic heterocycles. The van der Waals surface area contributed by atoms with Crippen LogP contribution in [0, 0.1) is 0 Å². The minimum absolute atomic E-state index is 0.134. The molecule has 16 heavy (non-hydrogen) atoms. The van der Waals surface area contributed by atoms with Gasteiger partial charge < -0.3 is 16.4 Å². The van der Waals surface area contributed by atoms with Crippen LogP contribution in [-0.4, -0.2) is 22.0 Å². The maximum atomic E-state index is 5.52. The molecule has 6 heteroatoms. The molecule has 0 radical (unpaired) electrons. The highest BCUT2D eigenvalue weighted by Crippen LogP contribution is 2.18. The van der Waals surface area contributed by atoms with Crippen molar-refractivity contribution in [3.63, 3.8) is 0 Å². The molecule has 1 aliphatic rings. The zero-order valence-electron chi connectivity index (χ0n) is 9.09. The number of rotatable bonds is 2. The zero-order valence-corrected chi connectivity index (χ0v) is 9.09. The summed E-state index contributed by atoms with van der Waals surface area (Å²) in [5.74, 6) is 0.729. The third kappa shape index (κ3) is 2.10. The van der Waals surface area contributed by atoms with Crippen LogP contribution in [-0.2, 0) is 0 Å². The third-order valence-electron chi connectivity index (χ3n) is 2.32. The van der Waals surface area contributed by atoms with E-state index in [1.165, 1.54) is 0 Å². The maximum absolute atomic E-state index is 5.52. The molecule has 1 aromatic rings. The molecule has 0 unspecified atom stereocenters. The van der Waals surface area contributed by atoms with Gasteiger partial charge in [0, 0.05) is 12.7 Å². The first-order valence-corrected chi connectivity index (χ1v) is 5.04. The summed E-state index contributed by atoms with van der Waals surface area (Å²) in [6, 6.07) is 0. The van der Waals surface area contributed by atoms with E-state index in [1.807, 2.05) is 18.0 Å². The van der Waals surface area contributed by atoms with Gasteiger partial charge in [0.05, 0.1) is 0 Å². The number of likely N-dealkylation sites (N-methyl/N-ethyl adjacent to an activating group) is 1. The van der Waals surface area contributed by atoms with Gasteiger partial charge in [-0.25, -0.2) is 0 Å². The first-order valence-electron chi connectivity index (χ1n) is 5.04. The van der Waals surface area contributed by atoms with Gasteiger partial charge in [-0.15, -0.1) is 0 Å². The molecule has 0 fully saturated rings. The Labute approximate surface area is 93.7 Å². The van der Waals surface area contributed by atoms with Crippen LogP contribution in [0.25, 0.3) is 0 Å². The molecule has 0 aromatic carbocycles. The fraction of sp³-hybridized carbons (Fsp3) is 0.300. The lowest BCUT2D eigenvalue weighted by molar-refractivity contribution is 0.940. The van der Waals surface area contributed by atoms with Crippen LogP contribution in [0.5, 0.6) is 0 Å².